The van der Waals surface area contributed by atoms with Crippen molar-refractivity contribution in [2.24, 2.45) is 29.6 Å². The first kappa shape index (κ1) is 16.8. The van der Waals surface area contributed by atoms with E-state index in [1.807, 2.05) is 0 Å². The molecule has 2 aliphatic carbocycles. The summed E-state index contributed by atoms with van der Waals surface area (Å²) in [4.78, 5) is 12.2. The molecule has 21 heavy (non-hydrogen) atoms. The summed E-state index contributed by atoms with van der Waals surface area (Å²) in [6.07, 6.45) is 11.7. The highest BCUT2D eigenvalue weighted by Crippen LogP contribution is 2.43. The molecule has 2 heteroatoms. The number of hydrogen-bond acceptors (Lipinski definition) is 2. The molecule has 0 aliphatic heterocycles. The van der Waals surface area contributed by atoms with Crippen molar-refractivity contribution >= 4 is 5.97 Å². The lowest BCUT2D eigenvalue weighted by Gasteiger charge is -2.39. The fourth-order valence-corrected chi connectivity index (χ4v) is 4.57. The van der Waals surface area contributed by atoms with Crippen molar-refractivity contribution in [3.63, 3.8) is 0 Å². The van der Waals surface area contributed by atoms with Crippen LogP contribution in [0.15, 0.2) is 0 Å². The average molecular weight is 294 g/mol. The minimum atomic E-state index is 0.0443. The maximum atomic E-state index is 12.2. The van der Waals surface area contributed by atoms with Crippen LogP contribution in [0.4, 0.5) is 0 Å². The molecule has 3 atom stereocenters. The monoisotopic (exact) mass is 294 g/mol. The summed E-state index contributed by atoms with van der Waals surface area (Å²) in [6, 6.07) is 0. The van der Waals surface area contributed by atoms with Crippen LogP contribution in [0.25, 0.3) is 0 Å². The van der Waals surface area contributed by atoms with Gasteiger partial charge in [-0.2, -0.15) is 0 Å². The lowest BCUT2D eigenvalue weighted by molar-refractivity contribution is -0.151. The Morgan fingerprint density at radius 2 is 1.81 bits per heavy atom. The van der Waals surface area contributed by atoms with Crippen molar-refractivity contribution in [1.82, 2.24) is 0 Å². The third-order valence-electron chi connectivity index (χ3n) is 5.70. The second-order valence-electron chi connectivity index (χ2n) is 7.83. The third kappa shape index (κ3) is 5.00. The molecule has 2 aliphatic rings. The summed E-state index contributed by atoms with van der Waals surface area (Å²) >= 11 is 0. The van der Waals surface area contributed by atoms with E-state index in [1.54, 1.807) is 0 Å². The second kappa shape index (κ2) is 8.19. The van der Waals surface area contributed by atoms with Gasteiger partial charge in [0.15, 0.2) is 0 Å². The smallest absolute Gasteiger partial charge is 0.309 e. The van der Waals surface area contributed by atoms with Gasteiger partial charge in [-0.1, -0.05) is 46.5 Å². The molecular weight excluding hydrogens is 260 g/mol. The standard InChI is InChI=1S/C19H34O2/c1-4-6-18(14(2)3)19(20)21-10-9-17-12-15-7-5-8-16(11-15)13-17/h14-18H,4-13H2,1-3H3. The molecule has 2 fully saturated rings. The SMILES string of the molecule is CCCC(C(=O)OCCC1CC2CCCC(C2)C1)C(C)C. The Morgan fingerprint density at radius 1 is 1.14 bits per heavy atom. The van der Waals surface area contributed by atoms with Gasteiger partial charge in [0.05, 0.1) is 12.5 Å². The largest absolute Gasteiger partial charge is 0.465 e. The summed E-state index contributed by atoms with van der Waals surface area (Å²) in [7, 11) is 0. The Morgan fingerprint density at radius 3 is 2.38 bits per heavy atom. The van der Waals surface area contributed by atoms with Gasteiger partial charge in [-0.3, -0.25) is 4.79 Å². The van der Waals surface area contributed by atoms with Crippen LogP contribution in [0.1, 0.15) is 78.6 Å². The highest BCUT2D eigenvalue weighted by Gasteiger charge is 2.31. The molecular formula is C19H34O2. The van der Waals surface area contributed by atoms with Gasteiger partial charge in [0.2, 0.25) is 0 Å². The van der Waals surface area contributed by atoms with Gasteiger partial charge < -0.3 is 4.74 Å². The zero-order valence-electron chi connectivity index (χ0n) is 14.3. The van der Waals surface area contributed by atoms with Crippen molar-refractivity contribution in [2.75, 3.05) is 6.61 Å². The van der Waals surface area contributed by atoms with Crippen LogP contribution in [0, 0.1) is 29.6 Å². The van der Waals surface area contributed by atoms with E-state index in [0.29, 0.717) is 12.5 Å². The third-order valence-corrected chi connectivity index (χ3v) is 5.70. The maximum absolute atomic E-state index is 12.2. The molecule has 2 nitrogen and oxygen atoms in total. The topological polar surface area (TPSA) is 26.3 Å². The highest BCUT2D eigenvalue weighted by atomic mass is 16.5. The molecule has 2 bridgehead atoms. The Hall–Kier alpha value is -0.530. The van der Waals surface area contributed by atoms with E-state index in [1.165, 1.54) is 38.5 Å². The molecule has 0 amide bonds. The zero-order valence-corrected chi connectivity index (χ0v) is 14.3. The van der Waals surface area contributed by atoms with Gasteiger partial charge in [0.1, 0.15) is 0 Å². The molecule has 2 saturated carbocycles. The Labute approximate surface area is 131 Å². The number of hydrogen-bond donors (Lipinski definition) is 0. The summed E-state index contributed by atoms with van der Waals surface area (Å²) in [5.41, 5.74) is 0. The Balaban J connectivity index is 1.70. The zero-order chi connectivity index (χ0) is 15.2. The first-order chi connectivity index (χ1) is 10.1. The van der Waals surface area contributed by atoms with Crippen LogP contribution < -0.4 is 0 Å². The number of ether oxygens (including phenoxy) is 1. The van der Waals surface area contributed by atoms with Crippen LogP contribution >= 0.6 is 0 Å². The molecule has 3 unspecified atom stereocenters. The normalized spacial score (nSPS) is 30.2. The molecule has 0 heterocycles. The van der Waals surface area contributed by atoms with E-state index in [0.717, 1.165) is 37.0 Å². The first-order valence-corrected chi connectivity index (χ1v) is 9.26. The first-order valence-electron chi connectivity index (χ1n) is 9.26. The van der Waals surface area contributed by atoms with Crippen molar-refractivity contribution < 1.29 is 9.53 Å². The Kier molecular flexibility index (Phi) is 6.57. The fraction of sp³-hybridized carbons (Fsp3) is 0.947. The highest BCUT2D eigenvalue weighted by molar-refractivity contribution is 5.72. The molecule has 0 radical (unpaired) electrons. The summed E-state index contributed by atoms with van der Waals surface area (Å²) in [5, 5.41) is 0. The van der Waals surface area contributed by atoms with Crippen molar-refractivity contribution in [2.45, 2.75) is 78.6 Å². The lowest BCUT2D eigenvalue weighted by Crippen LogP contribution is -2.28. The number of rotatable bonds is 7. The molecule has 122 valence electrons. The minimum absolute atomic E-state index is 0.0443. The second-order valence-corrected chi connectivity index (χ2v) is 7.83. The predicted molar refractivity (Wildman–Crippen MR) is 87.0 cm³/mol. The van der Waals surface area contributed by atoms with Gasteiger partial charge in [-0.25, -0.2) is 0 Å². The van der Waals surface area contributed by atoms with E-state index in [-0.39, 0.29) is 11.9 Å². The predicted octanol–water partition coefficient (Wildman–Crippen LogP) is 5.21. The fourth-order valence-electron chi connectivity index (χ4n) is 4.57. The molecule has 0 aromatic carbocycles. The van der Waals surface area contributed by atoms with Gasteiger partial charge in [0.25, 0.3) is 0 Å². The number of fused-ring (bicyclic) bond motifs is 2. The van der Waals surface area contributed by atoms with E-state index in [4.69, 9.17) is 4.74 Å². The van der Waals surface area contributed by atoms with Crippen molar-refractivity contribution in [3.8, 4) is 0 Å². The molecule has 0 aromatic heterocycles. The van der Waals surface area contributed by atoms with Crippen LogP contribution in [-0.4, -0.2) is 12.6 Å². The lowest BCUT2D eigenvalue weighted by atomic mass is 9.67. The summed E-state index contributed by atoms with van der Waals surface area (Å²) < 4.78 is 5.60. The molecule has 0 aromatic rings. The van der Waals surface area contributed by atoms with Crippen LogP contribution in [-0.2, 0) is 9.53 Å². The van der Waals surface area contributed by atoms with Crippen molar-refractivity contribution in [1.29, 1.82) is 0 Å². The summed E-state index contributed by atoms with van der Waals surface area (Å²) in [5.74, 6) is 3.30. The van der Waals surface area contributed by atoms with E-state index >= 15 is 0 Å². The van der Waals surface area contributed by atoms with Crippen LogP contribution in [0.3, 0.4) is 0 Å². The average Bonchev–Trinajstić information content (AvgIpc) is 2.44. The molecule has 0 saturated heterocycles. The number of carbonyl (C=O) groups is 1. The van der Waals surface area contributed by atoms with Crippen LogP contribution in [0.5, 0.6) is 0 Å². The van der Waals surface area contributed by atoms with E-state index in [9.17, 15) is 4.79 Å². The molecule has 0 N–H and O–H groups in total. The van der Waals surface area contributed by atoms with Gasteiger partial charge >= 0.3 is 5.97 Å². The van der Waals surface area contributed by atoms with E-state index in [2.05, 4.69) is 20.8 Å². The minimum Gasteiger partial charge on any atom is -0.465 e. The molecule has 0 spiro atoms. The van der Waals surface area contributed by atoms with Crippen LogP contribution in [0.2, 0.25) is 0 Å². The number of esters is 1. The summed E-state index contributed by atoms with van der Waals surface area (Å²) in [6.45, 7) is 7.05. The van der Waals surface area contributed by atoms with E-state index < -0.39 is 0 Å². The van der Waals surface area contributed by atoms with Gasteiger partial charge in [-0.15, -0.1) is 0 Å². The number of carbonyl (C=O) groups excluding carboxylic acids is 1. The maximum Gasteiger partial charge on any atom is 0.309 e. The quantitative estimate of drug-likeness (QED) is 0.603. The Bertz CT molecular complexity index is 312. The molecule has 2 rings (SSSR count). The van der Waals surface area contributed by atoms with Crippen molar-refractivity contribution in [3.05, 3.63) is 0 Å². The van der Waals surface area contributed by atoms with Gasteiger partial charge in [0, 0.05) is 0 Å². The van der Waals surface area contributed by atoms with Gasteiger partial charge in [-0.05, 0) is 55.8 Å².